The molecular weight excluding hydrogens is 420 g/mol. The van der Waals surface area contributed by atoms with Gasteiger partial charge in [0.15, 0.2) is 11.9 Å². The van der Waals surface area contributed by atoms with Crippen molar-refractivity contribution in [2.45, 2.75) is 32.8 Å². The van der Waals surface area contributed by atoms with Crippen LogP contribution in [0, 0.1) is 10.1 Å². The number of para-hydroxylation sites is 2. The molecule has 0 heterocycles. The Bertz CT molecular complexity index is 963. The van der Waals surface area contributed by atoms with Crippen molar-refractivity contribution in [1.29, 1.82) is 0 Å². The number of nitro groups is 1. The van der Waals surface area contributed by atoms with Gasteiger partial charge in [-0.15, -0.1) is 0 Å². The van der Waals surface area contributed by atoms with Gasteiger partial charge in [-0.3, -0.25) is 35.3 Å². The van der Waals surface area contributed by atoms with Gasteiger partial charge in [0, 0.05) is 24.6 Å². The van der Waals surface area contributed by atoms with Crippen LogP contribution in [0.25, 0.3) is 0 Å². The summed E-state index contributed by atoms with van der Waals surface area (Å²) in [4.78, 5) is 46.3. The summed E-state index contributed by atoms with van der Waals surface area (Å²) in [6, 6.07) is 12.4. The highest BCUT2D eigenvalue weighted by Crippen LogP contribution is 2.26. The number of carbonyl (C=O) groups excluding carboxylic acids is 3. The summed E-state index contributed by atoms with van der Waals surface area (Å²) in [5, 5.41) is 13.7. The molecule has 0 aliphatic heterocycles. The SMILES string of the molecule is CCOc1ccc(NC(=O)CCC(=O)NNC(=O)C(C)Oc2ccccc2[N+](=O)[O-])cc1. The number of carbonyl (C=O) groups is 3. The molecule has 0 aliphatic carbocycles. The van der Waals surface area contributed by atoms with E-state index < -0.39 is 22.8 Å². The number of nitrogens with zero attached hydrogens (tertiary/aromatic N) is 1. The van der Waals surface area contributed by atoms with Crippen molar-refractivity contribution in [3.05, 3.63) is 58.6 Å². The molecule has 2 aromatic rings. The molecule has 11 heteroatoms. The Morgan fingerprint density at radius 1 is 1.00 bits per heavy atom. The van der Waals surface area contributed by atoms with Crippen LogP contribution in [0.2, 0.25) is 0 Å². The molecule has 3 amide bonds. The van der Waals surface area contributed by atoms with E-state index in [1.165, 1.54) is 31.2 Å². The molecule has 3 N–H and O–H groups in total. The van der Waals surface area contributed by atoms with Gasteiger partial charge in [-0.2, -0.15) is 0 Å². The fraction of sp³-hybridized carbons (Fsp3) is 0.286. The van der Waals surface area contributed by atoms with Crippen LogP contribution in [-0.4, -0.2) is 35.4 Å². The number of amides is 3. The molecule has 0 radical (unpaired) electrons. The lowest BCUT2D eigenvalue weighted by molar-refractivity contribution is -0.386. The zero-order valence-corrected chi connectivity index (χ0v) is 17.6. The summed E-state index contributed by atoms with van der Waals surface area (Å²) >= 11 is 0. The van der Waals surface area contributed by atoms with Gasteiger partial charge in [0.2, 0.25) is 11.8 Å². The third-order valence-corrected chi connectivity index (χ3v) is 4.09. The molecule has 0 aromatic heterocycles. The topological polar surface area (TPSA) is 149 Å². The van der Waals surface area contributed by atoms with E-state index in [1.807, 2.05) is 6.92 Å². The number of benzene rings is 2. The Hall–Kier alpha value is -4.15. The van der Waals surface area contributed by atoms with E-state index in [2.05, 4.69) is 16.2 Å². The van der Waals surface area contributed by atoms with Crippen molar-refractivity contribution in [3.8, 4) is 11.5 Å². The predicted molar refractivity (Wildman–Crippen MR) is 115 cm³/mol. The van der Waals surface area contributed by atoms with Crippen LogP contribution in [0.5, 0.6) is 11.5 Å². The van der Waals surface area contributed by atoms with E-state index in [0.29, 0.717) is 18.0 Å². The first-order valence-corrected chi connectivity index (χ1v) is 9.81. The van der Waals surface area contributed by atoms with Crippen molar-refractivity contribution < 1.29 is 28.8 Å². The molecule has 0 spiro atoms. The fourth-order valence-electron chi connectivity index (χ4n) is 2.50. The number of nitrogens with one attached hydrogen (secondary N) is 3. The normalized spacial score (nSPS) is 11.1. The summed E-state index contributed by atoms with van der Waals surface area (Å²) in [6.07, 6.45) is -1.38. The molecule has 1 unspecified atom stereocenters. The minimum absolute atomic E-state index is 0.0718. The van der Waals surface area contributed by atoms with Crippen molar-refractivity contribution in [2.24, 2.45) is 0 Å². The van der Waals surface area contributed by atoms with Gasteiger partial charge in [-0.1, -0.05) is 12.1 Å². The van der Waals surface area contributed by atoms with Gasteiger partial charge in [0.25, 0.3) is 5.91 Å². The van der Waals surface area contributed by atoms with Gasteiger partial charge >= 0.3 is 5.69 Å². The minimum atomic E-state index is -1.11. The molecule has 2 aromatic carbocycles. The molecule has 0 saturated heterocycles. The van der Waals surface area contributed by atoms with Crippen LogP contribution in [0.15, 0.2) is 48.5 Å². The van der Waals surface area contributed by atoms with Crippen LogP contribution in [0.1, 0.15) is 26.7 Å². The molecule has 170 valence electrons. The van der Waals surface area contributed by atoms with Gasteiger partial charge < -0.3 is 14.8 Å². The number of ether oxygens (including phenoxy) is 2. The van der Waals surface area contributed by atoms with Crippen LogP contribution >= 0.6 is 0 Å². The summed E-state index contributed by atoms with van der Waals surface area (Å²) in [7, 11) is 0. The molecule has 0 fully saturated rings. The second-order valence-corrected chi connectivity index (χ2v) is 6.53. The van der Waals surface area contributed by atoms with E-state index in [9.17, 15) is 24.5 Å². The summed E-state index contributed by atoms with van der Waals surface area (Å²) in [5.41, 5.74) is 4.62. The fourth-order valence-corrected chi connectivity index (χ4v) is 2.50. The lowest BCUT2D eigenvalue weighted by atomic mass is 10.2. The first-order chi connectivity index (χ1) is 15.3. The number of rotatable bonds is 10. The first kappa shape index (κ1) is 24.1. The van der Waals surface area contributed by atoms with Crippen LogP contribution in [0.3, 0.4) is 0 Å². The van der Waals surface area contributed by atoms with Crippen LogP contribution < -0.4 is 25.6 Å². The highest BCUT2D eigenvalue weighted by atomic mass is 16.6. The van der Waals surface area contributed by atoms with Gasteiger partial charge in [-0.25, -0.2) is 0 Å². The maximum atomic E-state index is 12.1. The summed E-state index contributed by atoms with van der Waals surface area (Å²) < 4.78 is 10.6. The summed E-state index contributed by atoms with van der Waals surface area (Å²) in [6.45, 7) is 3.78. The van der Waals surface area contributed by atoms with Gasteiger partial charge in [0.1, 0.15) is 5.75 Å². The quantitative estimate of drug-likeness (QED) is 0.376. The largest absolute Gasteiger partial charge is 0.494 e. The molecule has 0 saturated carbocycles. The first-order valence-electron chi connectivity index (χ1n) is 9.81. The van der Waals surface area contributed by atoms with E-state index in [-0.39, 0.29) is 30.2 Å². The third kappa shape index (κ3) is 7.59. The average molecular weight is 444 g/mol. The molecule has 32 heavy (non-hydrogen) atoms. The Kier molecular flexibility index (Phi) is 8.96. The Morgan fingerprint density at radius 3 is 2.31 bits per heavy atom. The van der Waals surface area contributed by atoms with Crippen LogP contribution in [0.4, 0.5) is 11.4 Å². The molecule has 2 rings (SSSR count). The third-order valence-electron chi connectivity index (χ3n) is 4.09. The monoisotopic (exact) mass is 444 g/mol. The van der Waals surface area contributed by atoms with E-state index in [1.54, 1.807) is 24.3 Å². The number of nitro benzene ring substituents is 1. The maximum Gasteiger partial charge on any atom is 0.310 e. The van der Waals surface area contributed by atoms with Gasteiger partial charge in [0.05, 0.1) is 11.5 Å². The minimum Gasteiger partial charge on any atom is -0.494 e. The maximum absolute atomic E-state index is 12.1. The second kappa shape index (κ2) is 11.9. The van der Waals surface area contributed by atoms with Crippen molar-refractivity contribution in [3.63, 3.8) is 0 Å². The zero-order chi connectivity index (χ0) is 23.5. The molecule has 0 bridgehead atoms. The number of hydrogen-bond donors (Lipinski definition) is 3. The summed E-state index contributed by atoms with van der Waals surface area (Å²) in [5.74, 6) is -1.06. The Balaban J connectivity index is 1.73. The molecular formula is C21H24N4O7. The average Bonchev–Trinajstić information content (AvgIpc) is 2.77. The molecule has 1 atom stereocenters. The number of hydrogen-bond acceptors (Lipinski definition) is 7. The van der Waals surface area contributed by atoms with E-state index >= 15 is 0 Å². The lowest BCUT2D eigenvalue weighted by Crippen LogP contribution is -2.47. The number of hydrazine groups is 1. The Morgan fingerprint density at radius 2 is 1.66 bits per heavy atom. The molecule has 11 nitrogen and oxygen atoms in total. The standard InChI is InChI=1S/C21H24N4O7/c1-3-31-16-10-8-15(9-11-16)22-19(26)12-13-20(27)23-24-21(28)14(2)32-18-7-5-4-6-17(18)25(29)30/h4-11,14H,3,12-13H2,1-2H3,(H,22,26)(H,23,27)(H,24,28). The van der Waals surface area contributed by atoms with Crippen molar-refractivity contribution >= 4 is 29.1 Å². The zero-order valence-electron chi connectivity index (χ0n) is 17.6. The van der Waals surface area contributed by atoms with Gasteiger partial charge in [-0.05, 0) is 44.2 Å². The smallest absolute Gasteiger partial charge is 0.310 e. The lowest BCUT2D eigenvalue weighted by Gasteiger charge is -2.15. The Labute approximate surface area is 184 Å². The van der Waals surface area contributed by atoms with Crippen molar-refractivity contribution in [2.75, 3.05) is 11.9 Å². The van der Waals surface area contributed by atoms with Crippen molar-refractivity contribution in [1.82, 2.24) is 10.9 Å². The molecule has 0 aliphatic rings. The highest BCUT2D eigenvalue weighted by molar-refractivity contribution is 5.93. The highest BCUT2D eigenvalue weighted by Gasteiger charge is 2.21. The number of anilines is 1. The van der Waals surface area contributed by atoms with E-state index in [0.717, 1.165) is 0 Å². The van der Waals surface area contributed by atoms with E-state index in [4.69, 9.17) is 9.47 Å². The predicted octanol–water partition coefficient (Wildman–Crippen LogP) is 2.33. The van der Waals surface area contributed by atoms with Crippen LogP contribution in [-0.2, 0) is 14.4 Å². The second-order valence-electron chi connectivity index (χ2n) is 6.53.